The molecule has 150 valence electrons. The SMILES string of the molecule is CCCCn1c(O)c(C2=NN[C@H](c3ccc(OC)c(OC)c3)C2)c(=O)[nH]c1=S. The zero-order valence-corrected chi connectivity index (χ0v) is 16.9. The van der Waals surface area contributed by atoms with Gasteiger partial charge in [-0.2, -0.15) is 5.10 Å². The van der Waals surface area contributed by atoms with E-state index in [4.69, 9.17) is 21.7 Å². The van der Waals surface area contributed by atoms with Gasteiger partial charge in [0.15, 0.2) is 16.3 Å². The van der Waals surface area contributed by atoms with E-state index in [0.29, 0.717) is 30.2 Å². The first-order valence-corrected chi connectivity index (χ1v) is 9.51. The second-order valence-electron chi connectivity index (χ2n) is 6.52. The molecule has 2 aromatic rings. The number of hydrogen-bond acceptors (Lipinski definition) is 7. The Hall–Kier alpha value is -2.81. The molecule has 0 saturated heterocycles. The summed E-state index contributed by atoms with van der Waals surface area (Å²) >= 11 is 5.19. The van der Waals surface area contributed by atoms with Crippen molar-refractivity contribution < 1.29 is 14.6 Å². The van der Waals surface area contributed by atoms with E-state index in [2.05, 4.69) is 15.5 Å². The number of H-pyrrole nitrogens is 1. The third-order valence-corrected chi connectivity index (χ3v) is 5.08. The Labute approximate surface area is 167 Å². The number of hydrogen-bond donors (Lipinski definition) is 3. The van der Waals surface area contributed by atoms with Crippen molar-refractivity contribution in [1.82, 2.24) is 15.0 Å². The molecule has 0 amide bonds. The summed E-state index contributed by atoms with van der Waals surface area (Å²) in [5, 5.41) is 15.0. The van der Waals surface area contributed by atoms with Crippen molar-refractivity contribution in [2.24, 2.45) is 5.10 Å². The lowest BCUT2D eigenvalue weighted by Gasteiger charge is -2.14. The smallest absolute Gasteiger partial charge is 0.264 e. The Balaban J connectivity index is 1.90. The Morgan fingerprint density at radius 2 is 2.07 bits per heavy atom. The predicted octanol–water partition coefficient (Wildman–Crippen LogP) is 2.87. The molecule has 2 heterocycles. The number of ether oxygens (including phenoxy) is 2. The predicted molar refractivity (Wildman–Crippen MR) is 109 cm³/mol. The number of aromatic hydroxyl groups is 1. The molecule has 9 heteroatoms. The van der Waals surface area contributed by atoms with Crippen LogP contribution in [0.3, 0.4) is 0 Å². The number of unbranched alkanes of at least 4 members (excludes halogenated alkanes) is 1. The summed E-state index contributed by atoms with van der Waals surface area (Å²) in [6, 6.07) is 5.45. The van der Waals surface area contributed by atoms with Crippen molar-refractivity contribution >= 4 is 17.9 Å². The van der Waals surface area contributed by atoms with Gasteiger partial charge >= 0.3 is 0 Å². The molecule has 1 aliphatic rings. The van der Waals surface area contributed by atoms with E-state index in [1.54, 1.807) is 18.8 Å². The van der Waals surface area contributed by atoms with E-state index >= 15 is 0 Å². The van der Waals surface area contributed by atoms with Crippen molar-refractivity contribution in [2.75, 3.05) is 14.2 Å². The second-order valence-corrected chi connectivity index (χ2v) is 6.91. The van der Waals surface area contributed by atoms with Gasteiger partial charge in [0.25, 0.3) is 5.56 Å². The van der Waals surface area contributed by atoms with Crippen LogP contribution in [0.2, 0.25) is 0 Å². The molecule has 0 aliphatic carbocycles. The molecule has 1 aliphatic heterocycles. The fourth-order valence-corrected chi connectivity index (χ4v) is 3.47. The van der Waals surface area contributed by atoms with E-state index in [1.165, 1.54) is 0 Å². The van der Waals surface area contributed by atoms with Crippen LogP contribution in [-0.4, -0.2) is 34.6 Å². The highest BCUT2D eigenvalue weighted by molar-refractivity contribution is 7.71. The van der Waals surface area contributed by atoms with Crippen LogP contribution in [0.1, 0.15) is 43.4 Å². The van der Waals surface area contributed by atoms with E-state index < -0.39 is 5.56 Å². The first kappa shape index (κ1) is 19.9. The number of methoxy groups -OCH3 is 2. The zero-order chi connectivity index (χ0) is 20.3. The Bertz CT molecular complexity index is 1010. The standard InChI is InChI=1S/C19H24N4O4S/c1-4-5-8-23-18(25)16(17(24)20-19(23)28)13-10-12(21-22-13)11-6-7-14(26-2)15(9-11)27-3/h6-7,9,12,21,25H,4-5,8,10H2,1-3H3,(H,20,24,28)/t12-/m0/s1. The average Bonchev–Trinajstić information content (AvgIpc) is 3.16. The zero-order valence-electron chi connectivity index (χ0n) is 16.1. The Morgan fingerprint density at radius 3 is 2.75 bits per heavy atom. The third-order valence-electron chi connectivity index (χ3n) is 4.76. The number of benzene rings is 1. The van der Waals surface area contributed by atoms with Crippen molar-refractivity contribution in [1.29, 1.82) is 0 Å². The summed E-state index contributed by atoms with van der Waals surface area (Å²) in [7, 11) is 3.16. The minimum Gasteiger partial charge on any atom is -0.494 e. The molecule has 1 atom stereocenters. The molecule has 1 aromatic carbocycles. The topological polar surface area (TPSA) is 101 Å². The molecule has 28 heavy (non-hydrogen) atoms. The molecular formula is C19H24N4O4S. The monoisotopic (exact) mass is 404 g/mol. The second kappa shape index (κ2) is 8.47. The summed E-state index contributed by atoms with van der Waals surface area (Å²) in [4.78, 5) is 15.1. The van der Waals surface area contributed by atoms with Crippen LogP contribution >= 0.6 is 12.2 Å². The van der Waals surface area contributed by atoms with E-state index in [1.807, 2.05) is 25.1 Å². The molecule has 1 aromatic heterocycles. The molecule has 0 bridgehead atoms. The van der Waals surface area contributed by atoms with Gasteiger partial charge in [-0.15, -0.1) is 0 Å². The minimum absolute atomic E-state index is 0.143. The molecule has 0 spiro atoms. The third kappa shape index (κ3) is 3.75. The number of nitrogens with zero attached hydrogens (tertiary/aromatic N) is 2. The normalized spacial score (nSPS) is 15.8. The van der Waals surface area contributed by atoms with Crippen molar-refractivity contribution in [2.45, 2.75) is 38.8 Å². The maximum Gasteiger partial charge on any atom is 0.264 e. The number of aromatic nitrogens is 2. The molecule has 8 nitrogen and oxygen atoms in total. The summed E-state index contributed by atoms with van der Waals surface area (Å²) in [6.07, 6.45) is 2.22. The molecular weight excluding hydrogens is 380 g/mol. The van der Waals surface area contributed by atoms with Crippen molar-refractivity contribution in [3.8, 4) is 17.4 Å². The number of rotatable bonds is 7. The minimum atomic E-state index is -0.441. The van der Waals surface area contributed by atoms with Gasteiger partial charge in [-0.05, 0) is 36.3 Å². The number of nitrogens with one attached hydrogen (secondary N) is 2. The fraction of sp³-hybridized carbons (Fsp3) is 0.421. The van der Waals surface area contributed by atoms with Crippen LogP contribution in [0.15, 0.2) is 28.1 Å². The lowest BCUT2D eigenvalue weighted by molar-refractivity contribution is 0.354. The van der Waals surface area contributed by atoms with Crippen molar-refractivity contribution in [3.05, 3.63) is 44.5 Å². The first-order chi connectivity index (χ1) is 13.5. The number of hydrazone groups is 1. The Morgan fingerprint density at radius 1 is 1.32 bits per heavy atom. The van der Waals surface area contributed by atoms with Crippen LogP contribution in [0, 0.1) is 4.77 Å². The summed E-state index contributed by atoms with van der Waals surface area (Å²) in [6.45, 7) is 2.58. The van der Waals surface area contributed by atoms with E-state index in [9.17, 15) is 9.90 Å². The maximum atomic E-state index is 12.5. The molecule has 0 radical (unpaired) electrons. The highest BCUT2D eigenvalue weighted by Gasteiger charge is 2.27. The van der Waals surface area contributed by atoms with Gasteiger partial charge in [-0.1, -0.05) is 19.4 Å². The van der Waals surface area contributed by atoms with E-state index in [-0.39, 0.29) is 22.3 Å². The first-order valence-electron chi connectivity index (χ1n) is 9.10. The van der Waals surface area contributed by atoms with Gasteiger partial charge in [-0.3, -0.25) is 14.3 Å². The van der Waals surface area contributed by atoms with Crippen LogP contribution in [0.5, 0.6) is 17.4 Å². The lowest BCUT2D eigenvalue weighted by Crippen LogP contribution is -2.22. The van der Waals surface area contributed by atoms with Gasteiger partial charge in [0.2, 0.25) is 5.88 Å². The molecule has 3 rings (SSSR count). The maximum absolute atomic E-state index is 12.5. The highest BCUT2D eigenvalue weighted by Crippen LogP contribution is 2.33. The summed E-state index contributed by atoms with van der Waals surface area (Å²) in [5.41, 5.74) is 4.17. The quantitative estimate of drug-likeness (QED) is 0.614. The van der Waals surface area contributed by atoms with Crippen LogP contribution < -0.4 is 20.5 Å². The van der Waals surface area contributed by atoms with Gasteiger partial charge in [0.05, 0.1) is 26.0 Å². The van der Waals surface area contributed by atoms with Gasteiger partial charge in [-0.25, -0.2) is 0 Å². The molecule has 0 fully saturated rings. The summed E-state index contributed by atoms with van der Waals surface area (Å²) < 4.78 is 12.4. The van der Waals surface area contributed by atoms with E-state index in [0.717, 1.165) is 18.4 Å². The molecule has 0 unspecified atom stereocenters. The largest absolute Gasteiger partial charge is 0.494 e. The fourth-order valence-electron chi connectivity index (χ4n) is 3.20. The molecule has 0 saturated carbocycles. The highest BCUT2D eigenvalue weighted by atomic mass is 32.1. The van der Waals surface area contributed by atoms with Crippen LogP contribution in [-0.2, 0) is 6.54 Å². The van der Waals surface area contributed by atoms with Gasteiger partial charge < -0.3 is 20.0 Å². The van der Waals surface area contributed by atoms with Crippen LogP contribution in [0.25, 0.3) is 0 Å². The summed E-state index contributed by atoms with van der Waals surface area (Å²) in [5.74, 6) is 1.11. The number of aromatic amines is 1. The van der Waals surface area contributed by atoms with Gasteiger partial charge in [0.1, 0.15) is 5.56 Å². The van der Waals surface area contributed by atoms with Crippen molar-refractivity contribution in [3.63, 3.8) is 0 Å². The molecule has 3 N–H and O–H groups in total. The Kier molecular flexibility index (Phi) is 6.03. The average molecular weight is 404 g/mol. The lowest BCUT2D eigenvalue weighted by atomic mass is 9.99. The van der Waals surface area contributed by atoms with Crippen LogP contribution in [0.4, 0.5) is 0 Å². The van der Waals surface area contributed by atoms with Gasteiger partial charge in [0, 0.05) is 13.0 Å².